The first-order chi connectivity index (χ1) is 9.36. The number of ether oxygens (including phenoxy) is 1. The van der Waals surface area contributed by atoms with E-state index in [1.54, 1.807) is 6.26 Å². The third-order valence-corrected chi connectivity index (χ3v) is 3.82. The Morgan fingerprint density at radius 2 is 2.32 bits per heavy atom. The quantitative estimate of drug-likeness (QED) is 0.487. The Balaban J connectivity index is 1.55. The molecular formula is C13H21N3O2S. The molecule has 1 saturated heterocycles. The molecule has 5 nitrogen and oxygen atoms in total. The maximum atomic E-state index is 5.95. The predicted octanol–water partition coefficient (Wildman–Crippen LogP) is 1.55. The normalized spacial score (nSPS) is 16.8. The maximum absolute atomic E-state index is 5.95. The van der Waals surface area contributed by atoms with E-state index in [0.717, 1.165) is 36.8 Å². The van der Waals surface area contributed by atoms with E-state index in [-0.39, 0.29) is 0 Å². The summed E-state index contributed by atoms with van der Waals surface area (Å²) in [7, 11) is 0. The van der Waals surface area contributed by atoms with Gasteiger partial charge in [0.1, 0.15) is 12.4 Å². The largest absolute Gasteiger partial charge is 0.467 e. The molecule has 1 fully saturated rings. The van der Waals surface area contributed by atoms with Gasteiger partial charge in [-0.15, -0.1) is 0 Å². The molecule has 0 spiro atoms. The average molecular weight is 283 g/mol. The number of nitrogens with zero attached hydrogens (tertiary/aromatic N) is 2. The fraction of sp³-hybridized carbons (Fsp3) is 0.615. The molecule has 1 aliphatic rings. The highest BCUT2D eigenvalue weighted by Crippen LogP contribution is 2.08. The minimum absolute atomic E-state index is 0.523. The van der Waals surface area contributed by atoms with Crippen LogP contribution in [0.25, 0.3) is 0 Å². The Labute approximate surface area is 118 Å². The van der Waals surface area contributed by atoms with Gasteiger partial charge in [-0.05, 0) is 18.6 Å². The third kappa shape index (κ3) is 5.16. The van der Waals surface area contributed by atoms with Crippen LogP contribution in [0.15, 0.2) is 27.8 Å². The standard InChI is InChI=1S/C13H21N3O2S/c14-13(16-5-9-19-10-6-16)15-4-2-7-17-11-12-3-1-8-18-12/h1,3,8H,2,4-7,9-11H2,(H2,14,15). The van der Waals surface area contributed by atoms with E-state index in [0.29, 0.717) is 25.7 Å². The van der Waals surface area contributed by atoms with Crippen molar-refractivity contribution in [3.8, 4) is 0 Å². The van der Waals surface area contributed by atoms with Crippen LogP contribution in [-0.2, 0) is 11.3 Å². The fourth-order valence-electron chi connectivity index (χ4n) is 1.82. The highest BCUT2D eigenvalue weighted by Gasteiger charge is 2.11. The van der Waals surface area contributed by atoms with Crippen molar-refractivity contribution in [2.24, 2.45) is 10.7 Å². The summed E-state index contributed by atoms with van der Waals surface area (Å²) in [6, 6.07) is 3.77. The summed E-state index contributed by atoms with van der Waals surface area (Å²) in [6.45, 7) is 3.93. The molecule has 19 heavy (non-hydrogen) atoms. The molecule has 2 rings (SSSR count). The van der Waals surface area contributed by atoms with Crippen molar-refractivity contribution in [1.82, 2.24) is 4.90 Å². The van der Waals surface area contributed by atoms with Crippen LogP contribution in [0.3, 0.4) is 0 Å². The molecule has 2 heterocycles. The molecule has 0 amide bonds. The smallest absolute Gasteiger partial charge is 0.191 e. The molecule has 1 aliphatic heterocycles. The Morgan fingerprint density at radius 3 is 3.05 bits per heavy atom. The number of nitrogens with two attached hydrogens (primary N) is 1. The number of thioether (sulfide) groups is 1. The Hall–Kier alpha value is -1.14. The third-order valence-electron chi connectivity index (χ3n) is 2.88. The second-order valence-corrected chi connectivity index (χ2v) is 5.55. The number of hydrogen-bond donors (Lipinski definition) is 1. The minimum atomic E-state index is 0.523. The molecule has 106 valence electrons. The Bertz CT molecular complexity index is 375. The lowest BCUT2D eigenvalue weighted by molar-refractivity contribution is 0.105. The zero-order chi connectivity index (χ0) is 13.3. The number of hydrogen-bond acceptors (Lipinski definition) is 4. The van der Waals surface area contributed by atoms with E-state index in [2.05, 4.69) is 9.89 Å². The van der Waals surface area contributed by atoms with Gasteiger partial charge in [0.2, 0.25) is 0 Å². The second-order valence-electron chi connectivity index (χ2n) is 4.32. The fourth-order valence-corrected chi connectivity index (χ4v) is 2.72. The Morgan fingerprint density at radius 1 is 1.47 bits per heavy atom. The lowest BCUT2D eigenvalue weighted by atomic mass is 10.4. The topological polar surface area (TPSA) is 64.0 Å². The van der Waals surface area contributed by atoms with Crippen LogP contribution in [0.1, 0.15) is 12.2 Å². The molecule has 0 unspecified atom stereocenters. The van der Waals surface area contributed by atoms with Crippen molar-refractivity contribution in [3.63, 3.8) is 0 Å². The molecule has 2 N–H and O–H groups in total. The highest BCUT2D eigenvalue weighted by atomic mass is 32.2. The second kappa shape index (κ2) is 8.12. The number of guanidine groups is 1. The van der Waals surface area contributed by atoms with E-state index in [1.807, 2.05) is 23.9 Å². The van der Waals surface area contributed by atoms with Gasteiger partial charge in [0.25, 0.3) is 0 Å². The van der Waals surface area contributed by atoms with Gasteiger partial charge in [0.15, 0.2) is 5.96 Å². The van der Waals surface area contributed by atoms with Crippen LogP contribution in [0, 0.1) is 0 Å². The molecule has 0 atom stereocenters. The van der Waals surface area contributed by atoms with Crippen molar-refractivity contribution in [2.75, 3.05) is 37.7 Å². The van der Waals surface area contributed by atoms with Gasteiger partial charge in [-0.1, -0.05) is 0 Å². The summed E-state index contributed by atoms with van der Waals surface area (Å²) in [5.41, 5.74) is 5.95. The SMILES string of the molecule is NC(=NCCCOCc1ccco1)N1CCSCC1. The molecular weight excluding hydrogens is 262 g/mol. The van der Waals surface area contributed by atoms with Gasteiger partial charge in [-0.25, -0.2) is 0 Å². The van der Waals surface area contributed by atoms with E-state index >= 15 is 0 Å². The molecule has 0 radical (unpaired) electrons. The zero-order valence-electron chi connectivity index (χ0n) is 11.1. The summed E-state index contributed by atoms with van der Waals surface area (Å²) >= 11 is 1.97. The van der Waals surface area contributed by atoms with Crippen LogP contribution in [0.5, 0.6) is 0 Å². The van der Waals surface area contributed by atoms with Gasteiger partial charge >= 0.3 is 0 Å². The highest BCUT2D eigenvalue weighted by molar-refractivity contribution is 7.99. The van der Waals surface area contributed by atoms with E-state index in [4.69, 9.17) is 14.9 Å². The summed E-state index contributed by atoms with van der Waals surface area (Å²) in [4.78, 5) is 6.54. The monoisotopic (exact) mass is 283 g/mol. The number of aliphatic imine (C=N–C) groups is 1. The van der Waals surface area contributed by atoms with Gasteiger partial charge < -0.3 is 19.8 Å². The van der Waals surface area contributed by atoms with E-state index in [1.165, 1.54) is 0 Å². The molecule has 1 aromatic rings. The van der Waals surface area contributed by atoms with E-state index in [9.17, 15) is 0 Å². The minimum Gasteiger partial charge on any atom is -0.467 e. The van der Waals surface area contributed by atoms with Crippen molar-refractivity contribution < 1.29 is 9.15 Å². The summed E-state index contributed by atoms with van der Waals surface area (Å²) in [5, 5.41) is 0. The Kier molecular flexibility index (Phi) is 6.10. The first-order valence-corrected chi connectivity index (χ1v) is 7.74. The molecule has 0 bridgehead atoms. The van der Waals surface area contributed by atoms with Crippen molar-refractivity contribution >= 4 is 17.7 Å². The van der Waals surface area contributed by atoms with Crippen LogP contribution in [0.2, 0.25) is 0 Å². The first kappa shape index (κ1) is 14.3. The number of rotatable bonds is 6. The zero-order valence-corrected chi connectivity index (χ0v) is 11.9. The van der Waals surface area contributed by atoms with Crippen molar-refractivity contribution in [2.45, 2.75) is 13.0 Å². The predicted molar refractivity (Wildman–Crippen MR) is 78.4 cm³/mol. The van der Waals surface area contributed by atoms with Crippen LogP contribution in [0.4, 0.5) is 0 Å². The van der Waals surface area contributed by atoms with Crippen molar-refractivity contribution in [3.05, 3.63) is 24.2 Å². The summed E-state index contributed by atoms with van der Waals surface area (Å²) < 4.78 is 10.7. The molecule has 1 aromatic heterocycles. The first-order valence-electron chi connectivity index (χ1n) is 6.59. The van der Waals surface area contributed by atoms with Crippen molar-refractivity contribution in [1.29, 1.82) is 0 Å². The van der Waals surface area contributed by atoms with Gasteiger partial charge in [0.05, 0.1) is 6.26 Å². The summed E-state index contributed by atoms with van der Waals surface area (Å²) in [6.07, 6.45) is 2.53. The van der Waals surface area contributed by atoms with Crippen LogP contribution >= 0.6 is 11.8 Å². The molecule has 0 saturated carbocycles. The van der Waals surface area contributed by atoms with E-state index < -0.39 is 0 Å². The average Bonchev–Trinajstić information content (AvgIpc) is 2.96. The lowest BCUT2D eigenvalue weighted by Crippen LogP contribution is -2.42. The van der Waals surface area contributed by atoms with Gasteiger partial charge in [-0.3, -0.25) is 4.99 Å². The maximum Gasteiger partial charge on any atom is 0.191 e. The molecule has 6 heteroatoms. The summed E-state index contributed by atoms with van der Waals surface area (Å²) in [5.74, 6) is 3.81. The van der Waals surface area contributed by atoms with Crippen LogP contribution < -0.4 is 5.73 Å². The van der Waals surface area contributed by atoms with Crippen LogP contribution in [-0.4, -0.2) is 48.6 Å². The number of furan rings is 1. The molecule has 0 aliphatic carbocycles. The molecule has 0 aromatic carbocycles. The lowest BCUT2D eigenvalue weighted by Gasteiger charge is -2.27. The van der Waals surface area contributed by atoms with Gasteiger partial charge in [0, 0.05) is 37.7 Å². The van der Waals surface area contributed by atoms with Gasteiger partial charge in [-0.2, -0.15) is 11.8 Å².